The molecule has 0 heterocycles. The molecule has 3 heteroatoms. The van der Waals surface area contributed by atoms with E-state index in [1.54, 1.807) is 0 Å². The van der Waals surface area contributed by atoms with Gasteiger partial charge in [0.15, 0.2) is 0 Å². The topological polar surface area (TPSA) is 21.3 Å². The Bertz CT molecular complexity index is 352. The number of benzene rings is 1. The Morgan fingerprint density at radius 1 is 1.29 bits per heavy atom. The zero-order valence-corrected chi connectivity index (χ0v) is 12.7. The SMILES string of the molecule is Cc1cc(OCC(C)CNC(C)C)ccc1Br. The molecule has 0 fully saturated rings. The molecule has 0 aromatic heterocycles. The fourth-order valence-corrected chi connectivity index (χ4v) is 1.69. The number of nitrogens with one attached hydrogen (secondary N) is 1. The summed E-state index contributed by atoms with van der Waals surface area (Å²) < 4.78 is 6.90. The van der Waals surface area contributed by atoms with Crippen molar-refractivity contribution in [2.75, 3.05) is 13.2 Å². The van der Waals surface area contributed by atoms with Gasteiger partial charge in [-0.25, -0.2) is 0 Å². The van der Waals surface area contributed by atoms with Crippen molar-refractivity contribution < 1.29 is 4.74 Å². The second-order valence-corrected chi connectivity index (χ2v) is 5.74. The minimum absolute atomic E-state index is 0.515. The van der Waals surface area contributed by atoms with Crippen LogP contribution in [-0.2, 0) is 0 Å². The Hall–Kier alpha value is -0.540. The fourth-order valence-electron chi connectivity index (χ4n) is 1.44. The molecule has 2 nitrogen and oxygen atoms in total. The quantitative estimate of drug-likeness (QED) is 0.863. The van der Waals surface area contributed by atoms with Gasteiger partial charge in [-0.2, -0.15) is 0 Å². The first-order valence-corrected chi connectivity index (χ1v) is 6.90. The maximum atomic E-state index is 5.78. The maximum Gasteiger partial charge on any atom is 0.119 e. The van der Waals surface area contributed by atoms with Gasteiger partial charge in [0, 0.05) is 23.0 Å². The molecule has 1 rings (SSSR count). The Balaban J connectivity index is 2.36. The molecule has 0 spiro atoms. The molecule has 17 heavy (non-hydrogen) atoms. The molecule has 96 valence electrons. The molecule has 0 amide bonds. The Morgan fingerprint density at radius 3 is 2.59 bits per heavy atom. The molecular weight excluding hydrogens is 278 g/mol. The molecule has 1 N–H and O–H groups in total. The van der Waals surface area contributed by atoms with E-state index in [1.807, 2.05) is 12.1 Å². The zero-order valence-electron chi connectivity index (χ0n) is 11.1. The van der Waals surface area contributed by atoms with Crippen molar-refractivity contribution in [3.05, 3.63) is 28.2 Å². The van der Waals surface area contributed by atoms with Crippen LogP contribution < -0.4 is 10.1 Å². The predicted molar refractivity (Wildman–Crippen MR) is 76.7 cm³/mol. The Morgan fingerprint density at radius 2 is 2.00 bits per heavy atom. The first kappa shape index (κ1) is 14.5. The molecule has 0 bridgehead atoms. The average Bonchev–Trinajstić information content (AvgIpc) is 2.28. The maximum absolute atomic E-state index is 5.78. The zero-order chi connectivity index (χ0) is 12.8. The lowest BCUT2D eigenvalue weighted by atomic mass is 10.2. The van der Waals surface area contributed by atoms with Gasteiger partial charge in [-0.15, -0.1) is 0 Å². The van der Waals surface area contributed by atoms with E-state index >= 15 is 0 Å². The van der Waals surface area contributed by atoms with Gasteiger partial charge in [0.05, 0.1) is 6.61 Å². The van der Waals surface area contributed by atoms with Crippen molar-refractivity contribution in [3.8, 4) is 5.75 Å². The lowest BCUT2D eigenvalue weighted by Gasteiger charge is -2.16. The highest BCUT2D eigenvalue weighted by atomic mass is 79.9. The van der Waals surface area contributed by atoms with E-state index in [1.165, 1.54) is 5.56 Å². The number of halogens is 1. The normalized spacial score (nSPS) is 12.8. The molecule has 0 aliphatic carbocycles. The minimum atomic E-state index is 0.515. The first-order valence-electron chi connectivity index (χ1n) is 6.11. The van der Waals surface area contributed by atoms with Crippen LogP contribution >= 0.6 is 15.9 Å². The number of aryl methyl sites for hydroxylation is 1. The monoisotopic (exact) mass is 299 g/mol. The Labute approximate surface area is 113 Å². The highest BCUT2D eigenvalue weighted by molar-refractivity contribution is 9.10. The van der Waals surface area contributed by atoms with E-state index in [9.17, 15) is 0 Å². The molecule has 1 atom stereocenters. The van der Waals surface area contributed by atoms with Crippen LogP contribution in [0.25, 0.3) is 0 Å². The second kappa shape index (κ2) is 7.02. The van der Waals surface area contributed by atoms with E-state index in [0.717, 1.165) is 23.4 Å². The van der Waals surface area contributed by atoms with Crippen molar-refractivity contribution in [3.63, 3.8) is 0 Å². The van der Waals surface area contributed by atoms with Crippen LogP contribution in [-0.4, -0.2) is 19.2 Å². The third kappa shape index (κ3) is 5.55. The average molecular weight is 300 g/mol. The van der Waals surface area contributed by atoms with Gasteiger partial charge in [-0.1, -0.05) is 36.7 Å². The van der Waals surface area contributed by atoms with Crippen molar-refractivity contribution in [1.82, 2.24) is 5.32 Å². The van der Waals surface area contributed by atoms with E-state index < -0.39 is 0 Å². The fraction of sp³-hybridized carbons (Fsp3) is 0.571. The predicted octanol–water partition coefficient (Wildman–Crippen LogP) is 3.77. The first-order chi connectivity index (χ1) is 7.99. The molecule has 0 radical (unpaired) electrons. The van der Waals surface area contributed by atoms with Crippen LogP contribution in [0.2, 0.25) is 0 Å². The van der Waals surface area contributed by atoms with Crippen molar-refractivity contribution >= 4 is 15.9 Å². The number of rotatable bonds is 6. The largest absolute Gasteiger partial charge is 0.493 e. The second-order valence-electron chi connectivity index (χ2n) is 4.89. The summed E-state index contributed by atoms with van der Waals surface area (Å²) in [6.07, 6.45) is 0. The summed E-state index contributed by atoms with van der Waals surface area (Å²) in [5, 5.41) is 3.41. The van der Waals surface area contributed by atoms with Crippen LogP contribution in [0.1, 0.15) is 26.3 Å². The number of ether oxygens (including phenoxy) is 1. The molecule has 1 aromatic carbocycles. The van der Waals surface area contributed by atoms with Gasteiger partial charge >= 0.3 is 0 Å². The molecule has 0 aliphatic rings. The third-order valence-electron chi connectivity index (χ3n) is 2.54. The highest BCUT2D eigenvalue weighted by Gasteiger charge is 2.05. The number of hydrogen-bond acceptors (Lipinski definition) is 2. The van der Waals surface area contributed by atoms with Crippen LogP contribution in [0.3, 0.4) is 0 Å². The molecule has 0 saturated carbocycles. The highest BCUT2D eigenvalue weighted by Crippen LogP contribution is 2.21. The van der Waals surface area contributed by atoms with Gasteiger partial charge < -0.3 is 10.1 Å². The molecule has 0 aliphatic heterocycles. The van der Waals surface area contributed by atoms with Gasteiger partial charge in [0.2, 0.25) is 0 Å². The Kier molecular flexibility index (Phi) is 6.00. The van der Waals surface area contributed by atoms with Crippen LogP contribution in [0, 0.1) is 12.8 Å². The summed E-state index contributed by atoms with van der Waals surface area (Å²) >= 11 is 3.48. The molecule has 0 saturated heterocycles. The van der Waals surface area contributed by atoms with E-state index in [4.69, 9.17) is 4.74 Å². The van der Waals surface area contributed by atoms with Gasteiger partial charge in [0.25, 0.3) is 0 Å². The summed E-state index contributed by atoms with van der Waals surface area (Å²) in [4.78, 5) is 0. The lowest BCUT2D eigenvalue weighted by Crippen LogP contribution is -2.30. The van der Waals surface area contributed by atoms with Crippen molar-refractivity contribution in [1.29, 1.82) is 0 Å². The summed E-state index contributed by atoms with van der Waals surface area (Å²) in [5.41, 5.74) is 1.20. The van der Waals surface area contributed by atoms with Gasteiger partial charge in [0.1, 0.15) is 5.75 Å². The van der Waals surface area contributed by atoms with E-state index in [2.05, 4.69) is 55.0 Å². The minimum Gasteiger partial charge on any atom is -0.493 e. The van der Waals surface area contributed by atoms with Gasteiger partial charge in [-0.3, -0.25) is 0 Å². The van der Waals surface area contributed by atoms with E-state index in [0.29, 0.717) is 12.0 Å². The van der Waals surface area contributed by atoms with Crippen LogP contribution in [0.4, 0.5) is 0 Å². The number of hydrogen-bond donors (Lipinski definition) is 1. The lowest BCUT2D eigenvalue weighted by molar-refractivity contribution is 0.253. The van der Waals surface area contributed by atoms with Crippen LogP contribution in [0.15, 0.2) is 22.7 Å². The van der Waals surface area contributed by atoms with E-state index in [-0.39, 0.29) is 0 Å². The van der Waals surface area contributed by atoms with Crippen molar-refractivity contribution in [2.24, 2.45) is 5.92 Å². The summed E-state index contributed by atoms with van der Waals surface area (Å²) in [6.45, 7) is 10.3. The smallest absolute Gasteiger partial charge is 0.119 e. The standard InChI is InChI=1S/C14H22BrNO/c1-10(2)16-8-11(3)9-17-13-5-6-14(15)12(4)7-13/h5-7,10-11,16H,8-9H2,1-4H3. The summed E-state index contributed by atoms with van der Waals surface area (Å²) in [7, 11) is 0. The van der Waals surface area contributed by atoms with Crippen molar-refractivity contribution in [2.45, 2.75) is 33.7 Å². The summed E-state index contributed by atoms with van der Waals surface area (Å²) in [5.74, 6) is 1.46. The molecule has 1 unspecified atom stereocenters. The molecule has 1 aromatic rings. The third-order valence-corrected chi connectivity index (χ3v) is 3.43. The van der Waals surface area contributed by atoms with Gasteiger partial charge in [-0.05, 0) is 30.7 Å². The van der Waals surface area contributed by atoms with Crippen LogP contribution in [0.5, 0.6) is 5.75 Å². The molecular formula is C14H22BrNO. The summed E-state index contributed by atoms with van der Waals surface area (Å²) in [6, 6.07) is 6.63.